The molecular formula is C17H20F3NO. The summed E-state index contributed by atoms with van der Waals surface area (Å²) in [6, 6.07) is 8.10. The molecule has 0 aliphatic heterocycles. The van der Waals surface area contributed by atoms with E-state index in [1.807, 2.05) is 0 Å². The van der Waals surface area contributed by atoms with Gasteiger partial charge in [-0.05, 0) is 24.8 Å². The highest BCUT2D eigenvalue weighted by Gasteiger charge is 2.44. The minimum atomic E-state index is -4.89. The summed E-state index contributed by atoms with van der Waals surface area (Å²) in [4.78, 5) is 12.7. The van der Waals surface area contributed by atoms with Gasteiger partial charge < -0.3 is 4.90 Å². The Balaban J connectivity index is 3.04. The molecule has 0 saturated heterocycles. The van der Waals surface area contributed by atoms with Gasteiger partial charge in [-0.15, -0.1) is 13.2 Å². The molecule has 0 saturated carbocycles. The maximum absolute atomic E-state index is 12.9. The summed E-state index contributed by atoms with van der Waals surface area (Å²) in [5, 5.41) is 0. The van der Waals surface area contributed by atoms with Gasteiger partial charge in [-0.1, -0.05) is 42.5 Å². The minimum absolute atomic E-state index is 0.0746. The van der Waals surface area contributed by atoms with Gasteiger partial charge in [-0.25, -0.2) is 0 Å². The number of benzene rings is 1. The lowest BCUT2D eigenvalue weighted by molar-refractivity contribution is -0.188. The Morgan fingerprint density at radius 3 is 2.32 bits per heavy atom. The largest absolute Gasteiger partial charge is 0.471 e. The second-order valence-electron chi connectivity index (χ2n) is 4.96. The molecule has 0 aliphatic carbocycles. The third kappa shape index (κ3) is 5.39. The topological polar surface area (TPSA) is 20.3 Å². The van der Waals surface area contributed by atoms with Crippen molar-refractivity contribution in [1.82, 2.24) is 4.90 Å². The molecule has 1 unspecified atom stereocenters. The molecular weight excluding hydrogens is 291 g/mol. The van der Waals surface area contributed by atoms with E-state index in [0.29, 0.717) is 24.8 Å². The number of carbonyl (C=O) groups is 1. The molecule has 5 heteroatoms. The van der Waals surface area contributed by atoms with E-state index in [0.717, 1.165) is 4.90 Å². The van der Waals surface area contributed by atoms with Gasteiger partial charge in [0.15, 0.2) is 0 Å². The highest BCUT2D eigenvalue weighted by molar-refractivity contribution is 5.82. The van der Waals surface area contributed by atoms with Crippen LogP contribution in [0.4, 0.5) is 13.2 Å². The maximum Gasteiger partial charge on any atom is 0.471 e. The van der Waals surface area contributed by atoms with Crippen molar-refractivity contribution in [3.05, 3.63) is 61.2 Å². The first-order valence-electron chi connectivity index (χ1n) is 7.03. The van der Waals surface area contributed by atoms with Crippen LogP contribution in [0.1, 0.15) is 24.8 Å². The first kappa shape index (κ1) is 18.0. The third-order valence-electron chi connectivity index (χ3n) is 3.28. The molecule has 1 aromatic carbocycles. The van der Waals surface area contributed by atoms with Gasteiger partial charge in [-0.2, -0.15) is 13.2 Å². The van der Waals surface area contributed by atoms with Crippen LogP contribution in [0, 0.1) is 0 Å². The van der Waals surface area contributed by atoms with Gasteiger partial charge in [0.25, 0.3) is 0 Å². The molecule has 120 valence electrons. The minimum Gasteiger partial charge on any atom is -0.327 e. The molecule has 0 bridgehead atoms. The molecule has 0 spiro atoms. The molecule has 0 aliphatic rings. The quantitative estimate of drug-likeness (QED) is 0.648. The number of amides is 1. The van der Waals surface area contributed by atoms with Crippen LogP contribution in [0.2, 0.25) is 0 Å². The van der Waals surface area contributed by atoms with Crippen molar-refractivity contribution >= 4 is 5.91 Å². The molecule has 1 amide bonds. The number of nitrogens with zero attached hydrogens (tertiary/aromatic N) is 1. The number of alkyl halides is 3. The van der Waals surface area contributed by atoms with Crippen molar-refractivity contribution in [2.24, 2.45) is 0 Å². The highest BCUT2D eigenvalue weighted by Crippen LogP contribution is 2.25. The SMILES string of the molecule is C=CCCC(CC=C)N(Cc1ccccc1)C(=O)C(F)(F)F. The zero-order valence-electron chi connectivity index (χ0n) is 12.4. The van der Waals surface area contributed by atoms with E-state index < -0.39 is 18.1 Å². The van der Waals surface area contributed by atoms with E-state index in [-0.39, 0.29) is 6.54 Å². The molecule has 2 nitrogen and oxygen atoms in total. The molecule has 0 radical (unpaired) electrons. The smallest absolute Gasteiger partial charge is 0.327 e. The average molecular weight is 311 g/mol. The van der Waals surface area contributed by atoms with Gasteiger partial charge in [-0.3, -0.25) is 4.79 Å². The maximum atomic E-state index is 12.9. The lowest BCUT2D eigenvalue weighted by atomic mass is 10.0. The van der Waals surface area contributed by atoms with Crippen LogP contribution in [0.25, 0.3) is 0 Å². The zero-order valence-corrected chi connectivity index (χ0v) is 12.4. The molecule has 1 rings (SSSR count). The molecule has 0 N–H and O–H groups in total. The Kier molecular flexibility index (Phi) is 6.89. The fourth-order valence-corrected chi connectivity index (χ4v) is 2.21. The van der Waals surface area contributed by atoms with Crippen molar-refractivity contribution in [3.8, 4) is 0 Å². The second kappa shape index (κ2) is 8.41. The van der Waals surface area contributed by atoms with Crippen LogP contribution >= 0.6 is 0 Å². The summed E-state index contributed by atoms with van der Waals surface area (Å²) in [7, 11) is 0. The summed E-state index contributed by atoms with van der Waals surface area (Å²) in [6.07, 6.45) is -0.450. The Labute approximate surface area is 128 Å². The average Bonchev–Trinajstić information content (AvgIpc) is 2.49. The van der Waals surface area contributed by atoms with Crippen molar-refractivity contribution < 1.29 is 18.0 Å². The van der Waals surface area contributed by atoms with Crippen LogP contribution in [-0.4, -0.2) is 23.0 Å². The van der Waals surface area contributed by atoms with Gasteiger partial charge in [0.1, 0.15) is 0 Å². The van der Waals surface area contributed by atoms with Gasteiger partial charge >= 0.3 is 12.1 Å². The monoisotopic (exact) mass is 311 g/mol. The van der Waals surface area contributed by atoms with Gasteiger partial charge in [0.2, 0.25) is 0 Å². The van der Waals surface area contributed by atoms with Gasteiger partial charge in [0.05, 0.1) is 0 Å². The normalized spacial score (nSPS) is 12.5. The number of allylic oxidation sites excluding steroid dienone is 1. The number of halogens is 3. The Bertz CT molecular complexity index is 496. The van der Waals surface area contributed by atoms with Crippen molar-refractivity contribution in [2.45, 2.75) is 38.0 Å². The molecule has 1 atom stereocenters. The number of rotatable bonds is 8. The summed E-state index contributed by atoms with van der Waals surface area (Å²) in [5.74, 6) is -1.81. The van der Waals surface area contributed by atoms with E-state index in [9.17, 15) is 18.0 Å². The lowest BCUT2D eigenvalue weighted by Crippen LogP contribution is -2.46. The summed E-state index contributed by atoms with van der Waals surface area (Å²) >= 11 is 0. The fourth-order valence-electron chi connectivity index (χ4n) is 2.21. The van der Waals surface area contributed by atoms with Crippen LogP contribution in [0.15, 0.2) is 55.6 Å². The van der Waals surface area contributed by atoms with Crippen LogP contribution in [-0.2, 0) is 11.3 Å². The van der Waals surface area contributed by atoms with E-state index in [1.54, 1.807) is 36.4 Å². The molecule has 0 heterocycles. The van der Waals surface area contributed by atoms with Crippen molar-refractivity contribution in [2.75, 3.05) is 0 Å². The zero-order chi connectivity index (χ0) is 16.6. The Morgan fingerprint density at radius 1 is 1.18 bits per heavy atom. The highest BCUT2D eigenvalue weighted by atomic mass is 19.4. The first-order valence-corrected chi connectivity index (χ1v) is 7.03. The Hall–Kier alpha value is -2.04. The van der Waals surface area contributed by atoms with E-state index in [2.05, 4.69) is 13.2 Å². The number of hydrogen-bond donors (Lipinski definition) is 0. The lowest BCUT2D eigenvalue weighted by Gasteiger charge is -2.32. The predicted octanol–water partition coefficient (Wildman–Crippen LogP) is 4.49. The van der Waals surface area contributed by atoms with Crippen molar-refractivity contribution in [3.63, 3.8) is 0 Å². The first-order chi connectivity index (χ1) is 10.4. The molecule has 1 aromatic rings. The third-order valence-corrected chi connectivity index (χ3v) is 3.28. The standard InChI is InChI=1S/C17H20F3NO/c1-3-5-12-15(9-4-2)21(16(22)17(18,19)20)13-14-10-7-6-8-11-14/h3-4,6-8,10-11,15H,1-2,5,9,12-13H2. The molecule has 22 heavy (non-hydrogen) atoms. The van der Waals surface area contributed by atoms with E-state index >= 15 is 0 Å². The van der Waals surface area contributed by atoms with Crippen molar-refractivity contribution in [1.29, 1.82) is 0 Å². The van der Waals surface area contributed by atoms with Crippen LogP contribution in [0.3, 0.4) is 0 Å². The molecule has 0 fully saturated rings. The van der Waals surface area contributed by atoms with Gasteiger partial charge in [0, 0.05) is 12.6 Å². The second-order valence-corrected chi connectivity index (χ2v) is 4.96. The predicted molar refractivity (Wildman–Crippen MR) is 81.1 cm³/mol. The summed E-state index contributed by atoms with van der Waals surface area (Å²) < 4.78 is 38.7. The summed E-state index contributed by atoms with van der Waals surface area (Å²) in [5.41, 5.74) is 0.660. The fraction of sp³-hybridized carbons (Fsp3) is 0.353. The van der Waals surface area contributed by atoms with E-state index in [1.165, 1.54) is 6.08 Å². The number of carbonyl (C=O) groups excluding carboxylic acids is 1. The van der Waals surface area contributed by atoms with Crippen LogP contribution in [0.5, 0.6) is 0 Å². The molecule has 0 aromatic heterocycles. The van der Waals surface area contributed by atoms with Crippen LogP contribution < -0.4 is 0 Å². The van der Waals surface area contributed by atoms with E-state index in [4.69, 9.17) is 0 Å². The Morgan fingerprint density at radius 2 is 1.82 bits per heavy atom. The summed E-state index contributed by atoms with van der Waals surface area (Å²) in [6.45, 7) is 7.08. The number of hydrogen-bond acceptors (Lipinski definition) is 1.